The quantitative estimate of drug-likeness (QED) is 0.470. The minimum atomic E-state index is -0.821. The topological polar surface area (TPSA) is 86.1 Å². The van der Waals surface area contributed by atoms with Crippen molar-refractivity contribution in [2.45, 2.75) is 53.0 Å². The van der Waals surface area contributed by atoms with E-state index in [1.54, 1.807) is 0 Å². The molecule has 0 aliphatic rings. The Hall–Kier alpha value is -2.00. The third-order valence-corrected chi connectivity index (χ3v) is 3.82. The van der Waals surface area contributed by atoms with Gasteiger partial charge in [-0.15, -0.1) is 0 Å². The molecule has 5 heteroatoms. The average Bonchev–Trinajstić information content (AvgIpc) is 2.36. The predicted octanol–water partition coefficient (Wildman–Crippen LogP) is 4.53. The first kappa shape index (κ1) is 16.1. The highest BCUT2D eigenvalue weighted by molar-refractivity contribution is 5.66. The molecule has 0 amide bonds. The van der Waals surface area contributed by atoms with Gasteiger partial charge in [-0.1, -0.05) is 11.2 Å². The van der Waals surface area contributed by atoms with E-state index >= 15 is 0 Å². The highest BCUT2D eigenvalue weighted by Crippen LogP contribution is 2.32. The number of rotatable bonds is 6. The Bertz CT molecular complexity index is 534. The van der Waals surface area contributed by atoms with Crippen LogP contribution in [0.15, 0.2) is 11.2 Å². The lowest BCUT2D eigenvalue weighted by atomic mass is 9.88. The Morgan fingerprint density at radius 1 is 1.30 bits per heavy atom. The Balaban J connectivity index is 3.15. The molecule has 0 radical (unpaired) electrons. The molecular weight excluding hydrogens is 254 g/mol. The molecule has 0 bridgehead atoms. The summed E-state index contributed by atoms with van der Waals surface area (Å²) in [5, 5.41) is 12.6. The molecule has 108 valence electrons. The van der Waals surface area contributed by atoms with Crippen LogP contribution < -0.4 is 0 Å². The molecule has 0 fully saturated rings. The molecule has 0 spiro atoms. The molecule has 5 nitrogen and oxygen atoms in total. The van der Waals surface area contributed by atoms with E-state index in [4.69, 9.17) is 10.6 Å². The number of hydrogen-bond acceptors (Lipinski definition) is 2. The number of carboxylic acid groups (broad SMARTS) is 1. The summed E-state index contributed by atoms with van der Waals surface area (Å²) in [7, 11) is 0. The molecule has 0 saturated heterocycles. The Labute approximate surface area is 119 Å². The molecule has 1 N–H and O–H groups in total. The largest absolute Gasteiger partial charge is 0.481 e. The minimum absolute atomic E-state index is 0.0976. The second-order valence-electron chi connectivity index (χ2n) is 5.18. The zero-order valence-corrected chi connectivity index (χ0v) is 12.5. The SMILES string of the molecule is Cc1cc(C)c(C)c(C(CCCC(=O)O)N=[N+]=[N-])c1C. The number of hydrogen-bond donors (Lipinski definition) is 1. The summed E-state index contributed by atoms with van der Waals surface area (Å²) in [6, 6.07) is 1.83. The number of carboxylic acids is 1. The molecule has 0 heterocycles. The summed E-state index contributed by atoms with van der Waals surface area (Å²) in [6.07, 6.45) is 1.16. The molecule has 1 atom stereocenters. The van der Waals surface area contributed by atoms with Gasteiger partial charge >= 0.3 is 5.97 Å². The van der Waals surface area contributed by atoms with Crippen LogP contribution in [-0.4, -0.2) is 11.1 Å². The summed E-state index contributed by atoms with van der Waals surface area (Å²) in [6.45, 7) is 8.12. The second-order valence-corrected chi connectivity index (χ2v) is 5.18. The van der Waals surface area contributed by atoms with Gasteiger partial charge in [0.1, 0.15) is 0 Å². The molecule has 1 unspecified atom stereocenters. The van der Waals surface area contributed by atoms with Gasteiger partial charge < -0.3 is 5.11 Å². The molecule has 1 aromatic carbocycles. The third-order valence-electron chi connectivity index (χ3n) is 3.82. The maximum Gasteiger partial charge on any atom is 0.303 e. The van der Waals surface area contributed by atoms with Crippen LogP contribution in [0.3, 0.4) is 0 Å². The van der Waals surface area contributed by atoms with E-state index in [-0.39, 0.29) is 12.5 Å². The van der Waals surface area contributed by atoms with Gasteiger partial charge in [-0.2, -0.15) is 0 Å². The van der Waals surface area contributed by atoms with Crippen molar-refractivity contribution >= 4 is 5.97 Å². The van der Waals surface area contributed by atoms with Gasteiger partial charge in [0, 0.05) is 11.3 Å². The standard InChI is InChI=1S/C15H21N3O2/c1-9-8-10(2)12(4)15(11(9)3)13(17-18-16)6-5-7-14(19)20/h8,13H,5-7H2,1-4H3,(H,19,20). The smallest absolute Gasteiger partial charge is 0.303 e. The zero-order chi connectivity index (χ0) is 15.3. The van der Waals surface area contributed by atoms with Crippen LogP contribution in [0, 0.1) is 27.7 Å². The van der Waals surface area contributed by atoms with Crippen LogP contribution in [0.2, 0.25) is 0 Å². The summed E-state index contributed by atoms with van der Waals surface area (Å²) in [5.74, 6) is -0.821. The minimum Gasteiger partial charge on any atom is -0.481 e. The van der Waals surface area contributed by atoms with E-state index in [2.05, 4.69) is 16.1 Å². The van der Waals surface area contributed by atoms with Crippen molar-refractivity contribution in [1.29, 1.82) is 0 Å². The molecular formula is C15H21N3O2. The van der Waals surface area contributed by atoms with Crippen molar-refractivity contribution in [3.8, 4) is 0 Å². The van der Waals surface area contributed by atoms with Gasteiger partial charge in [0.25, 0.3) is 0 Å². The second kappa shape index (κ2) is 6.96. The summed E-state index contributed by atoms with van der Waals surface area (Å²) >= 11 is 0. The lowest BCUT2D eigenvalue weighted by Crippen LogP contribution is -2.05. The number of nitrogens with zero attached hydrogens (tertiary/aromatic N) is 3. The van der Waals surface area contributed by atoms with Crippen LogP contribution >= 0.6 is 0 Å². The van der Waals surface area contributed by atoms with Crippen molar-refractivity contribution in [3.63, 3.8) is 0 Å². The maximum absolute atomic E-state index is 10.6. The van der Waals surface area contributed by atoms with Crippen LogP contribution in [0.4, 0.5) is 0 Å². The van der Waals surface area contributed by atoms with Gasteiger partial charge in [-0.05, 0) is 73.9 Å². The summed E-state index contributed by atoms with van der Waals surface area (Å²) in [5.41, 5.74) is 14.4. The zero-order valence-electron chi connectivity index (χ0n) is 12.5. The van der Waals surface area contributed by atoms with E-state index in [0.717, 1.165) is 16.7 Å². The van der Waals surface area contributed by atoms with Crippen molar-refractivity contribution in [3.05, 3.63) is 44.3 Å². The van der Waals surface area contributed by atoms with Crippen molar-refractivity contribution in [2.24, 2.45) is 5.11 Å². The molecule has 1 aromatic rings. The van der Waals surface area contributed by atoms with E-state index in [1.807, 2.05) is 27.7 Å². The van der Waals surface area contributed by atoms with Gasteiger partial charge in [-0.3, -0.25) is 4.79 Å². The van der Waals surface area contributed by atoms with Gasteiger partial charge in [0.05, 0.1) is 6.04 Å². The van der Waals surface area contributed by atoms with E-state index in [1.165, 1.54) is 11.1 Å². The van der Waals surface area contributed by atoms with E-state index in [0.29, 0.717) is 12.8 Å². The molecule has 0 aliphatic carbocycles. The Kier molecular flexibility index (Phi) is 5.59. The van der Waals surface area contributed by atoms with Crippen molar-refractivity contribution in [2.75, 3.05) is 0 Å². The maximum atomic E-state index is 10.6. The highest BCUT2D eigenvalue weighted by Gasteiger charge is 2.17. The lowest BCUT2D eigenvalue weighted by molar-refractivity contribution is -0.137. The first-order valence-electron chi connectivity index (χ1n) is 6.71. The molecule has 0 aromatic heterocycles. The van der Waals surface area contributed by atoms with Gasteiger partial charge in [0.15, 0.2) is 0 Å². The first-order chi connectivity index (χ1) is 9.38. The number of aryl methyl sites for hydroxylation is 2. The predicted molar refractivity (Wildman–Crippen MR) is 78.8 cm³/mol. The van der Waals surface area contributed by atoms with E-state index < -0.39 is 5.97 Å². The number of benzene rings is 1. The summed E-state index contributed by atoms with van der Waals surface area (Å²) < 4.78 is 0. The average molecular weight is 275 g/mol. The van der Waals surface area contributed by atoms with Crippen LogP contribution in [0.25, 0.3) is 10.4 Å². The number of aliphatic carboxylic acids is 1. The fourth-order valence-corrected chi connectivity index (χ4v) is 2.52. The Morgan fingerprint density at radius 3 is 2.30 bits per heavy atom. The van der Waals surface area contributed by atoms with Gasteiger partial charge in [0.2, 0.25) is 0 Å². The monoisotopic (exact) mass is 275 g/mol. The highest BCUT2D eigenvalue weighted by atomic mass is 16.4. The lowest BCUT2D eigenvalue weighted by Gasteiger charge is -2.20. The van der Waals surface area contributed by atoms with Crippen LogP contribution in [-0.2, 0) is 4.79 Å². The van der Waals surface area contributed by atoms with Gasteiger partial charge in [-0.25, -0.2) is 0 Å². The molecule has 1 rings (SSSR count). The fraction of sp³-hybridized carbons (Fsp3) is 0.533. The normalized spacial score (nSPS) is 11.8. The fourth-order valence-electron chi connectivity index (χ4n) is 2.52. The van der Waals surface area contributed by atoms with Crippen molar-refractivity contribution < 1.29 is 9.90 Å². The molecule has 0 saturated carbocycles. The molecule has 0 aliphatic heterocycles. The Morgan fingerprint density at radius 2 is 1.85 bits per heavy atom. The third kappa shape index (κ3) is 3.75. The van der Waals surface area contributed by atoms with Crippen molar-refractivity contribution in [1.82, 2.24) is 0 Å². The van der Waals surface area contributed by atoms with Crippen LogP contribution in [0.5, 0.6) is 0 Å². The molecule has 20 heavy (non-hydrogen) atoms. The number of azide groups is 1. The number of carbonyl (C=O) groups is 1. The van der Waals surface area contributed by atoms with Crippen LogP contribution in [0.1, 0.15) is 53.1 Å². The first-order valence-corrected chi connectivity index (χ1v) is 6.71. The summed E-state index contributed by atoms with van der Waals surface area (Å²) in [4.78, 5) is 13.5. The van der Waals surface area contributed by atoms with E-state index in [9.17, 15) is 4.79 Å².